The predicted octanol–water partition coefficient (Wildman–Crippen LogP) is 6.18. The molecule has 26 heavy (non-hydrogen) atoms. The molecule has 0 aromatic carbocycles. The standard InChI is InChI=1S/C22H30NO3/c1-2-22(23(25)26)20-18-16-14-12-10-8-6-4-3-5-7-9-11-13-15-17-19-21-24/h3-4,7-10,13-16,20H,2,5-6,11-12,17-19H2,1H3/b4-3-,9-7-,10-8-,15-13-,16-14-,22-20+. The number of nitrogens with zero attached hydrogens (tertiary/aromatic N) is 1. The Labute approximate surface area is 157 Å². The fourth-order valence-electron chi connectivity index (χ4n) is 1.99. The van der Waals surface area contributed by atoms with E-state index in [1.165, 1.54) is 0 Å². The van der Waals surface area contributed by atoms with E-state index in [9.17, 15) is 14.9 Å². The van der Waals surface area contributed by atoms with Gasteiger partial charge in [0.25, 0.3) is 0 Å². The second-order valence-electron chi connectivity index (χ2n) is 5.52. The van der Waals surface area contributed by atoms with Gasteiger partial charge in [-0.15, -0.1) is 0 Å². The Morgan fingerprint density at radius 1 is 0.808 bits per heavy atom. The normalized spacial score (nSPS) is 13.2. The highest BCUT2D eigenvalue weighted by Crippen LogP contribution is 2.03. The van der Waals surface area contributed by atoms with Gasteiger partial charge >= 0.3 is 0 Å². The molecule has 0 rings (SSSR count). The number of nitro groups is 1. The van der Waals surface area contributed by atoms with Crippen molar-refractivity contribution in [3.8, 4) is 0 Å². The third kappa shape index (κ3) is 16.4. The molecule has 0 unspecified atom stereocenters. The summed E-state index contributed by atoms with van der Waals surface area (Å²) in [4.78, 5) is 20.3. The molecule has 0 amide bonds. The predicted molar refractivity (Wildman–Crippen MR) is 109 cm³/mol. The molecule has 0 saturated heterocycles. The first-order valence-electron chi connectivity index (χ1n) is 9.15. The van der Waals surface area contributed by atoms with Gasteiger partial charge in [-0.05, 0) is 44.6 Å². The van der Waals surface area contributed by atoms with Crippen LogP contribution >= 0.6 is 0 Å². The number of hydrogen-bond donors (Lipinski definition) is 0. The van der Waals surface area contributed by atoms with Gasteiger partial charge in [0.2, 0.25) is 5.70 Å². The summed E-state index contributed by atoms with van der Waals surface area (Å²) in [5, 5.41) is 10.6. The average molecular weight is 356 g/mol. The maximum atomic E-state index is 10.6. The molecule has 0 aromatic rings. The monoisotopic (exact) mass is 356 g/mol. The van der Waals surface area contributed by atoms with Gasteiger partial charge < -0.3 is 0 Å². The molecule has 0 aliphatic rings. The van der Waals surface area contributed by atoms with Crippen LogP contribution in [0.5, 0.6) is 0 Å². The number of unbranched alkanes of at least 4 members (excludes halogenated alkanes) is 1. The van der Waals surface area contributed by atoms with E-state index in [1.807, 2.05) is 24.5 Å². The van der Waals surface area contributed by atoms with Crippen molar-refractivity contribution in [3.05, 3.63) is 82.6 Å². The molecular formula is C22H30NO3. The van der Waals surface area contributed by atoms with E-state index in [1.54, 1.807) is 13.0 Å². The van der Waals surface area contributed by atoms with Gasteiger partial charge in [-0.25, -0.2) is 0 Å². The van der Waals surface area contributed by atoms with Gasteiger partial charge in [0.15, 0.2) is 6.29 Å². The molecular weight excluding hydrogens is 326 g/mol. The maximum absolute atomic E-state index is 10.6. The lowest BCUT2D eigenvalue weighted by molar-refractivity contribution is -0.427. The molecule has 1 radical (unpaired) electrons. The van der Waals surface area contributed by atoms with Crippen LogP contribution in [0.15, 0.2) is 72.5 Å². The molecule has 0 heterocycles. The van der Waals surface area contributed by atoms with Crippen molar-refractivity contribution < 1.29 is 9.72 Å². The van der Waals surface area contributed by atoms with Crippen LogP contribution in [-0.4, -0.2) is 11.2 Å². The second-order valence-corrected chi connectivity index (χ2v) is 5.52. The van der Waals surface area contributed by atoms with Crippen LogP contribution in [0.4, 0.5) is 0 Å². The van der Waals surface area contributed by atoms with Crippen LogP contribution in [0.25, 0.3) is 0 Å². The first-order valence-corrected chi connectivity index (χ1v) is 9.15. The Morgan fingerprint density at radius 2 is 1.23 bits per heavy atom. The van der Waals surface area contributed by atoms with E-state index in [0.717, 1.165) is 32.1 Å². The molecule has 0 aliphatic heterocycles. The van der Waals surface area contributed by atoms with E-state index < -0.39 is 0 Å². The lowest BCUT2D eigenvalue weighted by atomic mass is 10.2. The van der Waals surface area contributed by atoms with Gasteiger partial charge in [0.1, 0.15) is 0 Å². The highest BCUT2D eigenvalue weighted by atomic mass is 16.6. The smallest absolute Gasteiger partial charge is 0.242 e. The SMILES string of the molecule is CC/C(=C\C/C=C\C/C=C\C/C=C\C/C=C\C/C=C\CC[C]=O)[N+](=O)[O-]. The highest BCUT2D eigenvalue weighted by Gasteiger charge is 2.03. The van der Waals surface area contributed by atoms with E-state index in [0.29, 0.717) is 19.3 Å². The van der Waals surface area contributed by atoms with Crippen molar-refractivity contribution in [2.24, 2.45) is 0 Å². The molecule has 0 aromatic heterocycles. The van der Waals surface area contributed by atoms with Crippen molar-refractivity contribution in [1.29, 1.82) is 0 Å². The Bertz CT molecular complexity index is 552. The fourth-order valence-corrected chi connectivity index (χ4v) is 1.99. The minimum absolute atomic E-state index is 0.275. The number of hydrogen-bond acceptors (Lipinski definition) is 3. The van der Waals surface area contributed by atoms with Crippen LogP contribution in [-0.2, 0) is 4.79 Å². The van der Waals surface area contributed by atoms with Crippen molar-refractivity contribution >= 4 is 6.29 Å². The quantitative estimate of drug-likeness (QED) is 0.152. The first-order chi connectivity index (χ1) is 12.7. The van der Waals surface area contributed by atoms with E-state index >= 15 is 0 Å². The van der Waals surface area contributed by atoms with Gasteiger partial charge in [-0.3, -0.25) is 14.9 Å². The lowest BCUT2D eigenvalue weighted by Crippen LogP contribution is -1.96. The number of rotatable bonds is 15. The lowest BCUT2D eigenvalue weighted by Gasteiger charge is -1.91. The van der Waals surface area contributed by atoms with Crippen LogP contribution in [0.1, 0.15) is 58.3 Å². The Balaban J connectivity index is 3.70. The maximum Gasteiger partial charge on any atom is 0.242 e. The molecule has 0 bridgehead atoms. The summed E-state index contributed by atoms with van der Waals surface area (Å²) in [6.07, 6.45) is 30.2. The zero-order chi connectivity index (χ0) is 19.3. The van der Waals surface area contributed by atoms with Crippen molar-refractivity contribution in [2.45, 2.75) is 58.3 Å². The minimum Gasteiger partial charge on any atom is -0.291 e. The summed E-state index contributed by atoms with van der Waals surface area (Å²) >= 11 is 0. The molecule has 0 fully saturated rings. The average Bonchev–Trinajstić information content (AvgIpc) is 2.63. The largest absolute Gasteiger partial charge is 0.291 e. The Morgan fingerprint density at radius 3 is 1.62 bits per heavy atom. The van der Waals surface area contributed by atoms with Gasteiger partial charge in [-0.2, -0.15) is 0 Å². The zero-order valence-corrected chi connectivity index (χ0v) is 15.7. The third-order valence-corrected chi connectivity index (χ3v) is 3.42. The fraction of sp³-hybridized carbons (Fsp3) is 0.409. The summed E-state index contributed by atoms with van der Waals surface area (Å²) in [5.41, 5.74) is 0.275. The molecule has 0 saturated carbocycles. The molecule has 4 nitrogen and oxygen atoms in total. The van der Waals surface area contributed by atoms with E-state index in [-0.39, 0.29) is 10.6 Å². The zero-order valence-electron chi connectivity index (χ0n) is 15.7. The van der Waals surface area contributed by atoms with Crippen molar-refractivity contribution in [1.82, 2.24) is 0 Å². The minimum atomic E-state index is -0.319. The summed E-state index contributed by atoms with van der Waals surface area (Å²) in [6, 6.07) is 0. The molecule has 0 aliphatic carbocycles. The summed E-state index contributed by atoms with van der Waals surface area (Å²) in [7, 11) is 0. The van der Waals surface area contributed by atoms with Crippen LogP contribution in [0, 0.1) is 10.1 Å². The number of carbonyl (C=O) groups excluding carboxylic acids is 1. The molecule has 0 N–H and O–H groups in total. The topological polar surface area (TPSA) is 60.2 Å². The van der Waals surface area contributed by atoms with E-state index in [4.69, 9.17) is 0 Å². The van der Waals surface area contributed by atoms with E-state index in [2.05, 4.69) is 42.5 Å². The molecule has 0 spiro atoms. The second kappa shape index (κ2) is 18.8. The highest BCUT2D eigenvalue weighted by molar-refractivity contribution is 5.50. The van der Waals surface area contributed by atoms with Crippen LogP contribution in [0.3, 0.4) is 0 Å². The van der Waals surface area contributed by atoms with Gasteiger partial charge in [0.05, 0.1) is 4.92 Å². The van der Waals surface area contributed by atoms with Crippen LogP contribution < -0.4 is 0 Å². The summed E-state index contributed by atoms with van der Waals surface area (Å²) in [5.74, 6) is 0. The van der Waals surface area contributed by atoms with Crippen molar-refractivity contribution in [3.63, 3.8) is 0 Å². The Kier molecular flexibility index (Phi) is 17.0. The molecule has 4 heteroatoms. The van der Waals surface area contributed by atoms with Crippen molar-refractivity contribution in [2.75, 3.05) is 0 Å². The van der Waals surface area contributed by atoms with Crippen LogP contribution in [0.2, 0.25) is 0 Å². The third-order valence-electron chi connectivity index (χ3n) is 3.42. The summed E-state index contributed by atoms with van der Waals surface area (Å²) < 4.78 is 0. The Hall–Kier alpha value is -2.49. The summed E-state index contributed by atoms with van der Waals surface area (Å²) in [6.45, 7) is 1.79. The molecule has 0 atom stereocenters. The number of allylic oxidation sites excluding steroid dienone is 12. The van der Waals surface area contributed by atoms with Gasteiger partial charge in [0, 0.05) is 12.8 Å². The first kappa shape index (κ1) is 23.5. The van der Waals surface area contributed by atoms with Gasteiger partial charge in [-0.1, -0.05) is 67.7 Å². The molecule has 141 valence electrons.